The van der Waals surface area contributed by atoms with E-state index in [0.29, 0.717) is 18.5 Å². The minimum Gasteiger partial charge on any atom is -0.324 e. The molecule has 1 unspecified atom stereocenters. The van der Waals surface area contributed by atoms with Crippen LogP contribution in [0, 0.1) is 5.82 Å². The van der Waals surface area contributed by atoms with Gasteiger partial charge in [-0.1, -0.05) is 12.1 Å². The normalized spacial score (nSPS) is 16.7. The van der Waals surface area contributed by atoms with Crippen LogP contribution in [0.5, 0.6) is 0 Å². The molecule has 0 aromatic heterocycles. The Hall–Kier alpha value is -3.10. The van der Waals surface area contributed by atoms with Gasteiger partial charge in [-0.25, -0.2) is 9.18 Å². The first-order chi connectivity index (χ1) is 13.3. The molecule has 1 saturated heterocycles. The lowest BCUT2D eigenvalue weighted by Gasteiger charge is -2.25. The van der Waals surface area contributed by atoms with Crippen molar-refractivity contribution in [2.24, 2.45) is 0 Å². The first kappa shape index (κ1) is 19.7. The van der Waals surface area contributed by atoms with Gasteiger partial charge in [0.05, 0.1) is 11.3 Å². The van der Waals surface area contributed by atoms with Gasteiger partial charge in [0.2, 0.25) is 5.91 Å². The van der Waals surface area contributed by atoms with Gasteiger partial charge >= 0.3 is 12.2 Å². The van der Waals surface area contributed by atoms with Gasteiger partial charge < -0.3 is 15.5 Å². The SMILES string of the molecule is O=C(Nc1ccccc1C(F)(F)F)C1CCCN1C(=O)Nc1ccc(F)cc1. The van der Waals surface area contributed by atoms with Crippen LogP contribution in [0.1, 0.15) is 18.4 Å². The Morgan fingerprint density at radius 3 is 2.36 bits per heavy atom. The molecular formula is C19H17F4N3O2. The van der Waals surface area contributed by atoms with Crippen LogP contribution in [0.4, 0.5) is 33.7 Å². The van der Waals surface area contributed by atoms with Crippen LogP contribution in [0.3, 0.4) is 0 Å². The first-order valence-electron chi connectivity index (χ1n) is 8.56. The number of hydrogen-bond donors (Lipinski definition) is 2. The number of likely N-dealkylation sites (tertiary alicyclic amines) is 1. The van der Waals surface area contributed by atoms with E-state index in [4.69, 9.17) is 0 Å². The number of benzene rings is 2. The molecule has 5 nitrogen and oxygen atoms in total. The number of alkyl halides is 3. The molecule has 9 heteroatoms. The number of carbonyl (C=O) groups excluding carboxylic acids is 2. The molecule has 1 atom stereocenters. The van der Waals surface area contributed by atoms with Gasteiger partial charge in [-0.2, -0.15) is 13.2 Å². The van der Waals surface area contributed by atoms with Crippen LogP contribution in [-0.2, 0) is 11.0 Å². The summed E-state index contributed by atoms with van der Waals surface area (Å²) in [6.07, 6.45) is -3.74. The predicted octanol–water partition coefficient (Wildman–Crippen LogP) is 4.48. The molecule has 1 aliphatic heterocycles. The summed E-state index contributed by atoms with van der Waals surface area (Å²) in [7, 11) is 0. The van der Waals surface area contributed by atoms with Gasteiger partial charge in [-0.05, 0) is 49.2 Å². The zero-order valence-corrected chi connectivity index (χ0v) is 14.6. The number of nitrogens with zero attached hydrogens (tertiary/aromatic N) is 1. The Bertz CT molecular complexity index is 868. The van der Waals surface area contributed by atoms with Gasteiger partial charge in [0.15, 0.2) is 0 Å². The molecule has 2 aromatic rings. The third kappa shape index (κ3) is 4.41. The minimum atomic E-state index is -4.61. The molecule has 3 rings (SSSR count). The molecule has 0 spiro atoms. The maximum absolute atomic E-state index is 13.1. The number of para-hydroxylation sites is 1. The van der Waals surface area contributed by atoms with E-state index in [9.17, 15) is 27.2 Å². The molecule has 2 aromatic carbocycles. The molecule has 28 heavy (non-hydrogen) atoms. The summed E-state index contributed by atoms with van der Waals surface area (Å²) in [5.41, 5.74) is -0.964. The number of carbonyl (C=O) groups is 2. The molecule has 1 heterocycles. The van der Waals surface area contributed by atoms with E-state index < -0.39 is 35.5 Å². The van der Waals surface area contributed by atoms with Gasteiger partial charge in [0.25, 0.3) is 0 Å². The number of hydrogen-bond acceptors (Lipinski definition) is 2. The molecule has 2 N–H and O–H groups in total. The topological polar surface area (TPSA) is 61.4 Å². The fourth-order valence-electron chi connectivity index (χ4n) is 3.07. The maximum atomic E-state index is 13.1. The lowest BCUT2D eigenvalue weighted by atomic mass is 10.1. The number of nitrogens with one attached hydrogen (secondary N) is 2. The van der Waals surface area contributed by atoms with Crippen LogP contribution in [0.15, 0.2) is 48.5 Å². The summed E-state index contributed by atoms with van der Waals surface area (Å²) in [5, 5.41) is 4.84. The highest BCUT2D eigenvalue weighted by atomic mass is 19.4. The first-order valence-corrected chi connectivity index (χ1v) is 8.56. The van der Waals surface area contributed by atoms with E-state index >= 15 is 0 Å². The molecule has 0 aliphatic carbocycles. The van der Waals surface area contributed by atoms with Crippen LogP contribution in [-0.4, -0.2) is 29.4 Å². The Labute approximate surface area is 158 Å². The monoisotopic (exact) mass is 395 g/mol. The van der Waals surface area contributed by atoms with E-state index in [2.05, 4.69) is 10.6 Å². The number of amides is 3. The molecule has 0 radical (unpaired) electrons. The summed E-state index contributed by atoms with van der Waals surface area (Å²) in [5.74, 6) is -1.15. The van der Waals surface area contributed by atoms with E-state index in [-0.39, 0.29) is 12.2 Å². The van der Waals surface area contributed by atoms with Crippen molar-refractivity contribution in [1.82, 2.24) is 4.90 Å². The molecule has 3 amide bonds. The van der Waals surface area contributed by atoms with Crippen LogP contribution < -0.4 is 10.6 Å². The number of rotatable bonds is 3. The summed E-state index contributed by atoms with van der Waals surface area (Å²) in [4.78, 5) is 26.3. The third-order valence-electron chi connectivity index (χ3n) is 4.40. The molecule has 1 aliphatic rings. The standard InChI is InChI=1S/C19H17F4N3O2/c20-12-7-9-13(10-8-12)24-18(28)26-11-3-6-16(26)17(27)25-15-5-2-1-4-14(15)19(21,22)23/h1-2,4-5,7-10,16H,3,6,11H2,(H,24,28)(H,25,27). The molecule has 1 fully saturated rings. The third-order valence-corrected chi connectivity index (χ3v) is 4.40. The molecule has 0 bridgehead atoms. The zero-order chi connectivity index (χ0) is 20.3. The Balaban J connectivity index is 1.71. The molecule has 0 saturated carbocycles. The van der Waals surface area contributed by atoms with Gasteiger partial charge in [-0.15, -0.1) is 0 Å². The fraction of sp³-hybridized carbons (Fsp3) is 0.263. The van der Waals surface area contributed by atoms with Crippen molar-refractivity contribution in [3.8, 4) is 0 Å². The van der Waals surface area contributed by atoms with Crippen molar-refractivity contribution in [3.63, 3.8) is 0 Å². The average molecular weight is 395 g/mol. The zero-order valence-electron chi connectivity index (χ0n) is 14.6. The average Bonchev–Trinajstić information content (AvgIpc) is 3.13. The lowest BCUT2D eigenvalue weighted by molar-refractivity contribution is -0.137. The molecular weight excluding hydrogens is 378 g/mol. The smallest absolute Gasteiger partial charge is 0.324 e. The lowest BCUT2D eigenvalue weighted by Crippen LogP contribution is -2.45. The van der Waals surface area contributed by atoms with Gasteiger partial charge in [0, 0.05) is 12.2 Å². The maximum Gasteiger partial charge on any atom is 0.418 e. The summed E-state index contributed by atoms with van der Waals surface area (Å²) in [6.45, 7) is 0.284. The van der Waals surface area contributed by atoms with Gasteiger partial charge in [0.1, 0.15) is 11.9 Å². The highest BCUT2D eigenvalue weighted by Gasteiger charge is 2.37. The van der Waals surface area contributed by atoms with E-state index in [1.54, 1.807) is 0 Å². The highest BCUT2D eigenvalue weighted by molar-refractivity contribution is 6.00. The van der Waals surface area contributed by atoms with Crippen molar-refractivity contribution < 1.29 is 27.2 Å². The highest BCUT2D eigenvalue weighted by Crippen LogP contribution is 2.35. The largest absolute Gasteiger partial charge is 0.418 e. The summed E-state index contributed by atoms with van der Waals surface area (Å²) in [6, 6.07) is 8.29. The second kappa shape index (κ2) is 7.87. The second-order valence-electron chi connectivity index (χ2n) is 6.32. The van der Waals surface area contributed by atoms with Crippen molar-refractivity contribution in [1.29, 1.82) is 0 Å². The number of urea groups is 1. The van der Waals surface area contributed by atoms with Crippen molar-refractivity contribution in [2.75, 3.05) is 17.2 Å². The molecule has 148 valence electrons. The van der Waals surface area contributed by atoms with Crippen LogP contribution in [0.2, 0.25) is 0 Å². The summed E-state index contributed by atoms with van der Waals surface area (Å²) >= 11 is 0. The second-order valence-corrected chi connectivity index (χ2v) is 6.32. The Morgan fingerprint density at radius 2 is 1.68 bits per heavy atom. The minimum absolute atomic E-state index is 0.284. The van der Waals surface area contributed by atoms with Gasteiger partial charge in [-0.3, -0.25) is 4.79 Å². The van der Waals surface area contributed by atoms with Crippen molar-refractivity contribution in [3.05, 3.63) is 59.9 Å². The van der Waals surface area contributed by atoms with E-state index in [1.807, 2.05) is 0 Å². The number of anilines is 2. The van der Waals surface area contributed by atoms with Crippen molar-refractivity contribution in [2.45, 2.75) is 25.1 Å². The van der Waals surface area contributed by atoms with Crippen molar-refractivity contribution >= 4 is 23.3 Å². The van der Waals surface area contributed by atoms with Crippen LogP contribution >= 0.6 is 0 Å². The summed E-state index contributed by atoms with van der Waals surface area (Å²) < 4.78 is 52.3. The van der Waals surface area contributed by atoms with E-state index in [1.165, 1.54) is 47.4 Å². The number of halogens is 4. The Kier molecular flexibility index (Phi) is 5.53. The van der Waals surface area contributed by atoms with Crippen LogP contribution in [0.25, 0.3) is 0 Å². The van der Waals surface area contributed by atoms with E-state index in [0.717, 1.165) is 6.07 Å². The Morgan fingerprint density at radius 1 is 1.00 bits per heavy atom. The predicted molar refractivity (Wildman–Crippen MR) is 95.2 cm³/mol. The fourth-order valence-corrected chi connectivity index (χ4v) is 3.07. The quantitative estimate of drug-likeness (QED) is 0.753.